The average molecular weight is 484 g/mol. The standard InChI is InChI=1S/C20H28F8O4/c1-17(2,3)12-7-4-5-8-13(12)32-15(30)10-6-9-14(29)31-11-18(23,24)20(27,28)19(25,26)16(21)22/h12-13,16H,4-11H2,1-3H3. The number of hydrogen-bond donors (Lipinski definition) is 0. The Balaban J connectivity index is 2.49. The van der Waals surface area contributed by atoms with Crippen molar-refractivity contribution in [2.75, 3.05) is 6.61 Å². The summed E-state index contributed by atoms with van der Waals surface area (Å²) in [6.07, 6.45) is -3.05. The van der Waals surface area contributed by atoms with Gasteiger partial charge in [0.25, 0.3) is 0 Å². The minimum atomic E-state index is -6.44. The van der Waals surface area contributed by atoms with Gasteiger partial charge >= 0.3 is 36.1 Å². The Labute approximate surface area is 181 Å². The zero-order valence-corrected chi connectivity index (χ0v) is 18.0. The third-order valence-corrected chi connectivity index (χ3v) is 5.43. The SMILES string of the molecule is CC(C)(C)C1CCCCC1OC(=O)CCCC(=O)OCC(F)(F)C(F)(F)C(F)(F)C(F)F. The van der Waals surface area contributed by atoms with Crippen LogP contribution in [0.3, 0.4) is 0 Å². The van der Waals surface area contributed by atoms with Crippen LogP contribution in [0.2, 0.25) is 0 Å². The molecule has 0 aromatic carbocycles. The smallest absolute Gasteiger partial charge is 0.381 e. The first kappa shape index (κ1) is 28.4. The molecule has 1 saturated carbocycles. The molecule has 1 fully saturated rings. The molecule has 2 atom stereocenters. The second-order valence-electron chi connectivity index (χ2n) is 9.00. The summed E-state index contributed by atoms with van der Waals surface area (Å²) in [6, 6.07) is 0. The van der Waals surface area contributed by atoms with E-state index in [4.69, 9.17) is 4.74 Å². The van der Waals surface area contributed by atoms with Crippen LogP contribution in [0.4, 0.5) is 35.1 Å². The van der Waals surface area contributed by atoms with Crippen LogP contribution in [0, 0.1) is 11.3 Å². The molecule has 1 aliphatic rings. The Kier molecular flexibility index (Phi) is 9.36. The highest BCUT2D eigenvalue weighted by atomic mass is 19.4. The van der Waals surface area contributed by atoms with E-state index in [1.165, 1.54) is 0 Å². The quantitative estimate of drug-likeness (QED) is 0.281. The summed E-state index contributed by atoms with van der Waals surface area (Å²) in [4.78, 5) is 23.5. The number of alkyl halides is 8. The predicted molar refractivity (Wildman–Crippen MR) is 96.9 cm³/mol. The van der Waals surface area contributed by atoms with Crippen LogP contribution in [0.5, 0.6) is 0 Å². The molecule has 4 nitrogen and oxygen atoms in total. The van der Waals surface area contributed by atoms with Gasteiger partial charge in [0, 0.05) is 18.8 Å². The second-order valence-corrected chi connectivity index (χ2v) is 9.00. The fourth-order valence-electron chi connectivity index (χ4n) is 3.55. The van der Waals surface area contributed by atoms with E-state index in [0.29, 0.717) is 6.42 Å². The Morgan fingerprint density at radius 2 is 1.44 bits per heavy atom. The maximum Gasteiger partial charge on any atom is 0.381 e. The summed E-state index contributed by atoms with van der Waals surface area (Å²) in [5.74, 6) is -20.5. The molecule has 0 aromatic heterocycles. The van der Waals surface area contributed by atoms with Gasteiger partial charge in [0.1, 0.15) is 6.10 Å². The van der Waals surface area contributed by atoms with Gasteiger partial charge in [-0.3, -0.25) is 9.59 Å². The van der Waals surface area contributed by atoms with Crippen molar-refractivity contribution in [2.24, 2.45) is 11.3 Å². The molecule has 1 aliphatic carbocycles. The summed E-state index contributed by atoms with van der Waals surface area (Å²) in [6.45, 7) is 3.56. The van der Waals surface area contributed by atoms with E-state index in [1.807, 2.05) is 20.8 Å². The Morgan fingerprint density at radius 1 is 0.906 bits per heavy atom. The molecular formula is C20H28F8O4. The predicted octanol–water partition coefficient (Wildman–Crippen LogP) is 6.02. The van der Waals surface area contributed by atoms with Crippen molar-refractivity contribution in [1.29, 1.82) is 0 Å². The highest BCUT2D eigenvalue weighted by Crippen LogP contribution is 2.48. The first-order chi connectivity index (χ1) is 14.4. The zero-order valence-electron chi connectivity index (χ0n) is 18.0. The van der Waals surface area contributed by atoms with Crippen molar-refractivity contribution in [2.45, 2.75) is 96.0 Å². The van der Waals surface area contributed by atoms with E-state index < -0.39 is 49.2 Å². The van der Waals surface area contributed by atoms with Gasteiger partial charge in [0.05, 0.1) is 0 Å². The molecule has 0 N–H and O–H groups in total. The average Bonchev–Trinajstić information content (AvgIpc) is 2.65. The summed E-state index contributed by atoms with van der Waals surface area (Å²) in [5.41, 5.74) is -0.0937. The topological polar surface area (TPSA) is 52.6 Å². The highest BCUT2D eigenvalue weighted by molar-refractivity contribution is 5.72. The van der Waals surface area contributed by atoms with Gasteiger partial charge in [-0.05, 0) is 31.1 Å². The lowest BCUT2D eigenvalue weighted by Gasteiger charge is -2.39. The van der Waals surface area contributed by atoms with Crippen LogP contribution in [-0.2, 0) is 19.1 Å². The number of esters is 2. The number of halogens is 8. The van der Waals surface area contributed by atoms with Crippen molar-refractivity contribution in [1.82, 2.24) is 0 Å². The van der Waals surface area contributed by atoms with E-state index in [-0.39, 0.29) is 30.3 Å². The van der Waals surface area contributed by atoms with Crippen LogP contribution in [-0.4, -0.2) is 48.8 Å². The molecule has 0 radical (unpaired) electrons. The van der Waals surface area contributed by atoms with Crippen LogP contribution < -0.4 is 0 Å². The maximum atomic E-state index is 13.3. The van der Waals surface area contributed by atoms with Gasteiger partial charge in [-0.15, -0.1) is 0 Å². The summed E-state index contributed by atoms with van der Waals surface area (Å²) in [7, 11) is 0. The van der Waals surface area contributed by atoms with E-state index in [1.54, 1.807) is 0 Å². The van der Waals surface area contributed by atoms with Crippen molar-refractivity contribution in [3.63, 3.8) is 0 Å². The lowest BCUT2D eigenvalue weighted by molar-refractivity contribution is -0.344. The zero-order chi connectivity index (χ0) is 25.0. The van der Waals surface area contributed by atoms with Crippen LogP contribution in [0.15, 0.2) is 0 Å². The fourth-order valence-corrected chi connectivity index (χ4v) is 3.55. The van der Waals surface area contributed by atoms with Crippen molar-refractivity contribution in [3.05, 3.63) is 0 Å². The molecule has 0 aliphatic heterocycles. The molecule has 0 heterocycles. The van der Waals surface area contributed by atoms with Crippen molar-refractivity contribution >= 4 is 11.9 Å². The van der Waals surface area contributed by atoms with Gasteiger partial charge in [-0.25, -0.2) is 8.78 Å². The normalized spacial score (nSPS) is 20.9. The van der Waals surface area contributed by atoms with Gasteiger partial charge < -0.3 is 9.47 Å². The monoisotopic (exact) mass is 484 g/mol. The van der Waals surface area contributed by atoms with E-state index in [0.717, 1.165) is 19.3 Å². The van der Waals surface area contributed by atoms with E-state index in [9.17, 15) is 44.7 Å². The first-order valence-corrected chi connectivity index (χ1v) is 10.2. The minimum absolute atomic E-state index is 0.0937. The lowest BCUT2D eigenvalue weighted by atomic mass is 9.70. The number of hydrogen-bond acceptors (Lipinski definition) is 4. The highest BCUT2D eigenvalue weighted by Gasteiger charge is 2.75. The molecule has 0 saturated heterocycles. The fraction of sp³-hybridized carbons (Fsp3) is 0.900. The van der Waals surface area contributed by atoms with Crippen LogP contribution in [0.1, 0.15) is 65.7 Å². The van der Waals surface area contributed by atoms with E-state index >= 15 is 0 Å². The summed E-state index contributed by atoms with van der Waals surface area (Å²) >= 11 is 0. The van der Waals surface area contributed by atoms with Crippen molar-refractivity contribution < 1.29 is 54.2 Å². The number of rotatable bonds is 10. The summed E-state index contributed by atoms with van der Waals surface area (Å²) in [5, 5.41) is 0. The van der Waals surface area contributed by atoms with Crippen LogP contribution in [0.25, 0.3) is 0 Å². The summed E-state index contributed by atoms with van der Waals surface area (Å²) < 4.78 is 112. The molecule has 0 aromatic rings. The van der Waals surface area contributed by atoms with E-state index in [2.05, 4.69) is 4.74 Å². The Bertz CT molecular complexity index is 646. The largest absolute Gasteiger partial charge is 0.462 e. The lowest BCUT2D eigenvalue weighted by Crippen LogP contribution is -2.59. The molecule has 188 valence electrons. The Morgan fingerprint density at radius 3 is 1.97 bits per heavy atom. The molecule has 12 heteroatoms. The molecule has 32 heavy (non-hydrogen) atoms. The molecule has 0 spiro atoms. The first-order valence-electron chi connectivity index (χ1n) is 10.2. The molecule has 1 rings (SSSR count). The van der Waals surface area contributed by atoms with Gasteiger partial charge in [-0.1, -0.05) is 27.2 Å². The number of ether oxygens (including phenoxy) is 2. The van der Waals surface area contributed by atoms with Gasteiger partial charge in [-0.2, -0.15) is 26.3 Å². The van der Waals surface area contributed by atoms with Gasteiger partial charge in [0.15, 0.2) is 6.61 Å². The number of carbonyl (C=O) groups is 2. The minimum Gasteiger partial charge on any atom is -0.462 e. The Hall–Kier alpha value is -1.62. The van der Waals surface area contributed by atoms with Gasteiger partial charge in [0.2, 0.25) is 0 Å². The third kappa shape index (κ3) is 6.94. The number of carbonyl (C=O) groups excluding carboxylic acids is 2. The maximum absolute atomic E-state index is 13.3. The molecule has 0 bridgehead atoms. The second kappa shape index (κ2) is 10.5. The van der Waals surface area contributed by atoms with Crippen LogP contribution >= 0.6 is 0 Å². The molecule has 0 amide bonds. The third-order valence-electron chi connectivity index (χ3n) is 5.43. The van der Waals surface area contributed by atoms with Crippen molar-refractivity contribution in [3.8, 4) is 0 Å². The molecular weight excluding hydrogens is 456 g/mol. The molecule has 2 unspecified atom stereocenters.